The lowest BCUT2D eigenvalue weighted by Crippen LogP contribution is -2.48. The van der Waals surface area contributed by atoms with Gasteiger partial charge in [0.25, 0.3) is 11.5 Å². The van der Waals surface area contributed by atoms with Crippen LogP contribution in [0.15, 0.2) is 63.8 Å². The number of fused-ring (bicyclic) bond motifs is 4. The van der Waals surface area contributed by atoms with Gasteiger partial charge in [-0.3, -0.25) is 14.5 Å². The van der Waals surface area contributed by atoms with Gasteiger partial charge in [0.2, 0.25) is 5.58 Å². The largest absolute Gasteiger partial charge is 0.449 e. The number of hydrogen-bond acceptors (Lipinski definition) is 5. The van der Waals surface area contributed by atoms with Gasteiger partial charge >= 0.3 is 0 Å². The van der Waals surface area contributed by atoms with Gasteiger partial charge in [-0.15, -0.1) is 0 Å². The fourth-order valence-electron chi connectivity index (χ4n) is 4.40. The third-order valence-electron chi connectivity index (χ3n) is 6.07. The van der Waals surface area contributed by atoms with Crippen LogP contribution in [0.1, 0.15) is 16.3 Å². The number of aromatic nitrogens is 3. The molecule has 160 valence electrons. The van der Waals surface area contributed by atoms with Crippen LogP contribution in [-0.2, 0) is 6.54 Å². The number of furan rings is 1. The molecule has 0 spiro atoms. The second-order valence-electron chi connectivity index (χ2n) is 8.13. The molecule has 2 aromatic carbocycles. The molecule has 1 aliphatic rings. The number of benzene rings is 2. The van der Waals surface area contributed by atoms with Crippen LogP contribution in [0, 0.1) is 0 Å². The Kier molecular flexibility index (Phi) is 4.32. The molecule has 0 atom stereocenters. The van der Waals surface area contributed by atoms with Gasteiger partial charge in [0.15, 0.2) is 0 Å². The number of piperazine rings is 1. The Morgan fingerprint density at radius 1 is 1.00 bits per heavy atom. The Labute approximate surface area is 182 Å². The van der Waals surface area contributed by atoms with Gasteiger partial charge in [-0.2, -0.15) is 0 Å². The van der Waals surface area contributed by atoms with Crippen molar-refractivity contribution in [3.63, 3.8) is 0 Å². The Bertz CT molecular complexity index is 1490. The van der Waals surface area contributed by atoms with E-state index >= 15 is 0 Å². The second-order valence-corrected chi connectivity index (χ2v) is 8.13. The molecule has 0 saturated carbocycles. The van der Waals surface area contributed by atoms with Crippen LogP contribution in [0.4, 0.5) is 0 Å². The molecule has 8 nitrogen and oxygen atoms in total. The predicted molar refractivity (Wildman–Crippen MR) is 122 cm³/mol. The summed E-state index contributed by atoms with van der Waals surface area (Å²) in [5.41, 5.74) is 2.81. The maximum Gasteiger partial charge on any atom is 0.294 e. The van der Waals surface area contributed by atoms with Crippen LogP contribution < -0.4 is 5.56 Å². The molecule has 0 radical (unpaired) electrons. The van der Waals surface area contributed by atoms with Crippen LogP contribution in [0.2, 0.25) is 0 Å². The Morgan fingerprint density at radius 3 is 2.62 bits per heavy atom. The van der Waals surface area contributed by atoms with E-state index in [0.29, 0.717) is 55.3 Å². The molecule has 3 aromatic heterocycles. The number of nitrogens with one attached hydrogen (secondary N) is 2. The van der Waals surface area contributed by atoms with E-state index in [1.54, 1.807) is 0 Å². The van der Waals surface area contributed by atoms with Gasteiger partial charge in [-0.05, 0) is 24.3 Å². The number of nitrogens with zero attached hydrogens (tertiary/aromatic N) is 3. The zero-order valence-electron chi connectivity index (χ0n) is 17.3. The van der Waals surface area contributed by atoms with E-state index in [0.717, 1.165) is 16.3 Å². The van der Waals surface area contributed by atoms with Crippen molar-refractivity contribution < 1.29 is 9.21 Å². The molecule has 32 heavy (non-hydrogen) atoms. The average Bonchev–Trinajstić information content (AvgIpc) is 3.41. The molecular formula is C24H21N5O3. The topological polar surface area (TPSA) is 98.2 Å². The molecule has 0 aliphatic carbocycles. The highest BCUT2D eigenvalue weighted by Crippen LogP contribution is 2.24. The van der Waals surface area contributed by atoms with Crippen molar-refractivity contribution in [1.29, 1.82) is 0 Å². The van der Waals surface area contributed by atoms with Crippen molar-refractivity contribution in [3.8, 4) is 0 Å². The van der Waals surface area contributed by atoms with E-state index in [1.807, 2.05) is 59.5 Å². The van der Waals surface area contributed by atoms with E-state index in [1.165, 1.54) is 0 Å². The highest BCUT2D eigenvalue weighted by atomic mass is 16.3. The van der Waals surface area contributed by atoms with E-state index in [-0.39, 0.29) is 17.0 Å². The minimum Gasteiger partial charge on any atom is -0.449 e. The van der Waals surface area contributed by atoms with Gasteiger partial charge in [0.05, 0.1) is 6.54 Å². The number of para-hydroxylation sites is 2. The van der Waals surface area contributed by atoms with Crippen LogP contribution in [0.5, 0.6) is 0 Å². The van der Waals surface area contributed by atoms with Gasteiger partial charge in [0, 0.05) is 42.5 Å². The summed E-state index contributed by atoms with van der Waals surface area (Å²) in [6.07, 6.45) is 0. The minimum atomic E-state index is -0.270. The Hall–Kier alpha value is -3.91. The van der Waals surface area contributed by atoms with Gasteiger partial charge < -0.3 is 19.3 Å². The zero-order valence-corrected chi connectivity index (χ0v) is 17.3. The first-order valence-corrected chi connectivity index (χ1v) is 10.7. The Balaban J connectivity index is 1.17. The first kappa shape index (κ1) is 18.8. The average molecular weight is 427 g/mol. The van der Waals surface area contributed by atoms with Crippen molar-refractivity contribution in [1.82, 2.24) is 24.8 Å². The van der Waals surface area contributed by atoms with E-state index < -0.39 is 0 Å². The smallest absolute Gasteiger partial charge is 0.294 e. The molecule has 1 aliphatic heterocycles. The molecular weight excluding hydrogens is 406 g/mol. The summed E-state index contributed by atoms with van der Waals surface area (Å²) in [6.45, 7) is 3.17. The molecule has 5 aromatic rings. The minimum absolute atomic E-state index is 0.0127. The molecule has 0 unspecified atom stereocenters. The number of rotatable bonds is 3. The Morgan fingerprint density at radius 2 is 1.78 bits per heavy atom. The first-order chi connectivity index (χ1) is 15.7. The maximum absolute atomic E-state index is 12.9. The fraction of sp³-hybridized carbons (Fsp3) is 0.208. The summed E-state index contributed by atoms with van der Waals surface area (Å²) < 4.78 is 5.67. The van der Waals surface area contributed by atoms with Crippen LogP contribution in [-0.4, -0.2) is 56.8 Å². The normalized spacial score (nSPS) is 15.2. The molecule has 1 amide bonds. The molecule has 0 bridgehead atoms. The van der Waals surface area contributed by atoms with Gasteiger partial charge in [0.1, 0.15) is 22.6 Å². The van der Waals surface area contributed by atoms with Crippen molar-refractivity contribution >= 4 is 38.9 Å². The fourth-order valence-corrected chi connectivity index (χ4v) is 4.40. The van der Waals surface area contributed by atoms with Gasteiger partial charge in [-0.25, -0.2) is 4.98 Å². The SMILES string of the molecule is O=C(c1cc2ccccc2[nH]1)N1CCN(Cc2nc3c(oc4ccccc43)c(=O)[nH]2)CC1. The second kappa shape index (κ2) is 7.35. The highest BCUT2D eigenvalue weighted by Gasteiger charge is 2.24. The molecule has 1 fully saturated rings. The first-order valence-electron chi connectivity index (χ1n) is 10.7. The monoisotopic (exact) mass is 427 g/mol. The number of carbonyl (C=O) groups excluding carboxylic acids is 1. The third-order valence-corrected chi connectivity index (χ3v) is 6.07. The quantitative estimate of drug-likeness (QED) is 0.461. The van der Waals surface area contributed by atoms with E-state index in [2.05, 4.69) is 19.9 Å². The van der Waals surface area contributed by atoms with Crippen LogP contribution in [0.3, 0.4) is 0 Å². The standard InChI is InChI=1S/C24H21N5O3/c30-23-22-21(16-6-2-4-8-19(16)32-22)26-20(27-23)14-28-9-11-29(12-10-28)24(31)18-13-15-5-1-3-7-17(15)25-18/h1-8,13,25H,9-12,14H2,(H,26,27,30). The third kappa shape index (κ3) is 3.16. The van der Waals surface area contributed by atoms with E-state index in [9.17, 15) is 9.59 Å². The summed E-state index contributed by atoms with van der Waals surface area (Å²) in [5.74, 6) is 0.614. The number of hydrogen-bond donors (Lipinski definition) is 2. The summed E-state index contributed by atoms with van der Waals surface area (Å²) in [6, 6.07) is 17.3. The predicted octanol–water partition coefficient (Wildman–Crippen LogP) is 3.11. The maximum atomic E-state index is 12.9. The summed E-state index contributed by atoms with van der Waals surface area (Å²) >= 11 is 0. The van der Waals surface area contributed by atoms with Crippen molar-refractivity contribution in [2.24, 2.45) is 0 Å². The lowest BCUT2D eigenvalue weighted by atomic mass is 10.2. The molecule has 4 heterocycles. The highest BCUT2D eigenvalue weighted by molar-refractivity contribution is 6.01. The van der Waals surface area contributed by atoms with E-state index in [4.69, 9.17) is 4.42 Å². The van der Waals surface area contributed by atoms with Crippen LogP contribution in [0.25, 0.3) is 33.0 Å². The van der Waals surface area contributed by atoms with Crippen molar-refractivity contribution in [2.45, 2.75) is 6.54 Å². The summed E-state index contributed by atoms with van der Waals surface area (Å²) in [4.78, 5) is 40.2. The molecule has 2 N–H and O–H groups in total. The summed E-state index contributed by atoms with van der Waals surface area (Å²) in [7, 11) is 0. The zero-order chi connectivity index (χ0) is 21.7. The number of H-pyrrole nitrogens is 2. The molecule has 8 heteroatoms. The lowest BCUT2D eigenvalue weighted by molar-refractivity contribution is 0.0620. The number of carbonyl (C=O) groups is 1. The van der Waals surface area contributed by atoms with Crippen molar-refractivity contribution in [3.05, 3.63) is 76.5 Å². The number of aromatic amines is 2. The van der Waals surface area contributed by atoms with Gasteiger partial charge in [-0.1, -0.05) is 30.3 Å². The lowest BCUT2D eigenvalue weighted by Gasteiger charge is -2.34. The number of amides is 1. The van der Waals surface area contributed by atoms with Crippen molar-refractivity contribution in [2.75, 3.05) is 26.2 Å². The molecule has 1 saturated heterocycles. The molecule has 6 rings (SSSR count). The van der Waals surface area contributed by atoms with Crippen LogP contribution >= 0.6 is 0 Å². The summed E-state index contributed by atoms with van der Waals surface area (Å²) in [5, 5.41) is 1.87.